The van der Waals surface area contributed by atoms with Gasteiger partial charge in [0, 0.05) is 24.3 Å². The molecule has 0 radical (unpaired) electrons. The molecule has 160 valence electrons. The zero-order valence-electron chi connectivity index (χ0n) is 17.1. The van der Waals surface area contributed by atoms with E-state index in [4.69, 9.17) is 9.47 Å². The topological polar surface area (TPSA) is 102 Å². The molecule has 1 N–H and O–H groups in total. The van der Waals surface area contributed by atoms with E-state index in [1.807, 2.05) is 0 Å². The Morgan fingerprint density at radius 2 is 1.63 bits per heavy atom. The maximum Gasteiger partial charge on any atom is 0.337 e. The van der Waals surface area contributed by atoms with Crippen LogP contribution in [0.2, 0.25) is 0 Å². The molecular formula is C21H24N2O6S. The third-order valence-corrected chi connectivity index (χ3v) is 6.99. The number of aryl methyl sites for hydroxylation is 2. The van der Waals surface area contributed by atoms with Crippen LogP contribution in [-0.2, 0) is 19.5 Å². The highest BCUT2D eigenvalue weighted by Gasteiger charge is 2.28. The molecule has 3 rings (SSSR count). The Morgan fingerprint density at radius 1 is 1.00 bits per heavy atom. The predicted octanol–water partition coefficient (Wildman–Crippen LogP) is 2.36. The fourth-order valence-electron chi connectivity index (χ4n) is 3.14. The van der Waals surface area contributed by atoms with Gasteiger partial charge in [0.05, 0.1) is 30.8 Å². The molecule has 0 aromatic heterocycles. The number of hydrogen-bond acceptors (Lipinski definition) is 6. The van der Waals surface area contributed by atoms with E-state index < -0.39 is 21.9 Å². The number of morpholine rings is 1. The number of hydrogen-bond donors (Lipinski definition) is 1. The van der Waals surface area contributed by atoms with Gasteiger partial charge in [0.25, 0.3) is 5.91 Å². The number of benzene rings is 2. The maximum atomic E-state index is 13.0. The summed E-state index contributed by atoms with van der Waals surface area (Å²) in [4.78, 5) is 24.7. The lowest BCUT2D eigenvalue weighted by atomic mass is 10.1. The quantitative estimate of drug-likeness (QED) is 0.728. The second kappa shape index (κ2) is 8.95. The Morgan fingerprint density at radius 3 is 2.30 bits per heavy atom. The van der Waals surface area contributed by atoms with E-state index in [0.29, 0.717) is 30.0 Å². The lowest BCUT2D eigenvalue weighted by Gasteiger charge is -2.26. The molecule has 0 saturated carbocycles. The summed E-state index contributed by atoms with van der Waals surface area (Å²) in [6.45, 7) is 4.72. The standard InChI is InChI=1S/C21H24N2O6S/c1-14-4-7-17(21(25)28-3)12-18(14)22-20(24)16-6-5-15(2)19(13-16)30(26,27)23-8-10-29-11-9-23/h4-7,12-13H,8-11H2,1-3H3,(H,22,24). The van der Waals surface area contributed by atoms with Crippen LogP contribution in [0.5, 0.6) is 0 Å². The van der Waals surface area contributed by atoms with Gasteiger partial charge in [-0.25, -0.2) is 13.2 Å². The number of esters is 1. The number of nitrogens with zero attached hydrogens (tertiary/aromatic N) is 1. The van der Waals surface area contributed by atoms with Gasteiger partial charge in [0.1, 0.15) is 0 Å². The molecule has 0 bridgehead atoms. The van der Waals surface area contributed by atoms with Crippen molar-refractivity contribution in [3.8, 4) is 0 Å². The highest BCUT2D eigenvalue weighted by atomic mass is 32.2. The van der Waals surface area contributed by atoms with Crippen LogP contribution >= 0.6 is 0 Å². The molecule has 1 aliphatic rings. The molecule has 1 aliphatic heterocycles. The number of carbonyl (C=O) groups is 2. The normalized spacial score (nSPS) is 14.9. The number of sulfonamides is 1. The van der Waals surface area contributed by atoms with Crippen molar-refractivity contribution in [1.29, 1.82) is 0 Å². The van der Waals surface area contributed by atoms with E-state index in [1.54, 1.807) is 38.1 Å². The third kappa shape index (κ3) is 4.53. The van der Waals surface area contributed by atoms with Crippen molar-refractivity contribution in [2.45, 2.75) is 18.7 Å². The molecule has 2 aromatic carbocycles. The number of nitrogens with one attached hydrogen (secondary N) is 1. The summed E-state index contributed by atoms with van der Waals surface area (Å²) in [5, 5.41) is 2.75. The lowest BCUT2D eigenvalue weighted by Crippen LogP contribution is -2.40. The zero-order chi connectivity index (χ0) is 21.9. The Kier molecular flexibility index (Phi) is 6.55. The molecule has 0 spiro atoms. The van der Waals surface area contributed by atoms with Gasteiger partial charge in [-0.2, -0.15) is 4.31 Å². The molecule has 9 heteroatoms. The van der Waals surface area contributed by atoms with E-state index in [2.05, 4.69) is 5.32 Å². The third-order valence-electron chi connectivity index (χ3n) is 4.95. The summed E-state index contributed by atoms with van der Waals surface area (Å²) in [6.07, 6.45) is 0. The van der Waals surface area contributed by atoms with Gasteiger partial charge < -0.3 is 14.8 Å². The van der Waals surface area contributed by atoms with Crippen LogP contribution < -0.4 is 5.32 Å². The Hall–Kier alpha value is -2.75. The summed E-state index contributed by atoms with van der Waals surface area (Å²) >= 11 is 0. The van der Waals surface area contributed by atoms with Crippen LogP contribution in [0.1, 0.15) is 31.8 Å². The molecule has 1 fully saturated rings. The summed E-state index contributed by atoms with van der Waals surface area (Å²) in [5.74, 6) is -0.988. The molecule has 8 nitrogen and oxygen atoms in total. The van der Waals surface area contributed by atoms with Crippen LogP contribution in [0.4, 0.5) is 5.69 Å². The molecule has 0 atom stereocenters. The number of amides is 1. The van der Waals surface area contributed by atoms with Crippen LogP contribution in [0.3, 0.4) is 0 Å². The fourth-order valence-corrected chi connectivity index (χ4v) is 4.80. The van der Waals surface area contributed by atoms with Crippen molar-refractivity contribution in [2.24, 2.45) is 0 Å². The second-order valence-corrected chi connectivity index (χ2v) is 8.88. The maximum absolute atomic E-state index is 13.0. The van der Waals surface area contributed by atoms with Crippen LogP contribution in [0.15, 0.2) is 41.3 Å². The van der Waals surface area contributed by atoms with E-state index in [-0.39, 0.29) is 23.5 Å². The number of anilines is 1. The lowest BCUT2D eigenvalue weighted by molar-refractivity contribution is 0.0600. The highest BCUT2D eigenvalue weighted by Crippen LogP contribution is 2.24. The van der Waals surface area contributed by atoms with Crippen molar-refractivity contribution >= 4 is 27.6 Å². The smallest absolute Gasteiger partial charge is 0.337 e. The first-order valence-electron chi connectivity index (χ1n) is 9.43. The summed E-state index contributed by atoms with van der Waals surface area (Å²) < 4.78 is 37.4. The molecule has 2 aromatic rings. The van der Waals surface area contributed by atoms with Gasteiger partial charge in [0.2, 0.25) is 10.0 Å². The molecule has 1 saturated heterocycles. The Balaban J connectivity index is 1.89. The average molecular weight is 432 g/mol. The van der Waals surface area contributed by atoms with Crippen LogP contribution in [0.25, 0.3) is 0 Å². The molecule has 0 unspecified atom stereocenters. The van der Waals surface area contributed by atoms with Gasteiger partial charge in [-0.05, 0) is 49.2 Å². The zero-order valence-corrected chi connectivity index (χ0v) is 17.9. The van der Waals surface area contributed by atoms with Gasteiger partial charge in [0.15, 0.2) is 0 Å². The van der Waals surface area contributed by atoms with Gasteiger partial charge in [-0.3, -0.25) is 4.79 Å². The fraction of sp³-hybridized carbons (Fsp3) is 0.333. The first kappa shape index (κ1) is 21.9. The highest BCUT2D eigenvalue weighted by molar-refractivity contribution is 7.89. The van der Waals surface area contributed by atoms with Gasteiger partial charge in [-0.1, -0.05) is 12.1 Å². The predicted molar refractivity (Wildman–Crippen MR) is 111 cm³/mol. The Labute approximate surface area is 175 Å². The minimum absolute atomic E-state index is 0.0945. The first-order valence-corrected chi connectivity index (χ1v) is 10.9. The van der Waals surface area contributed by atoms with Gasteiger partial charge >= 0.3 is 5.97 Å². The van der Waals surface area contributed by atoms with Crippen molar-refractivity contribution in [3.05, 3.63) is 58.7 Å². The molecule has 0 aliphatic carbocycles. The van der Waals surface area contributed by atoms with E-state index in [1.165, 1.54) is 23.5 Å². The number of rotatable bonds is 5. The first-order chi connectivity index (χ1) is 14.2. The average Bonchev–Trinajstić information content (AvgIpc) is 2.75. The Bertz CT molecular complexity index is 1070. The molecule has 1 amide bonds. The SMILES string of the molecule is COC(=O)c1ccc(C)c(NC(=O)c2ccc(C)c(S(=O)(=O)N3CCOCC3)c2)c1. The van der Waals surface area contributed by atoms with Crippen molar-refractivity contribution < 1.29 is 27.5 Å². The monoisotopic (exact) mass is 432 g/mol. The van der Waals surface area contributed by atoms with Crippen molar-refractivity contribution in [2.75, 3.05) is 38.7 Å². The summed E-state index contributed by atoms with van der Waals surface area (Å²) in [7, 11) is -2.46. The summed E-state index contributed by atoms with van der Waals surface area (Å²) in [5.41, 5.74) is 2.26. The molecule has 1 heterocycles. The van der Waals surface area contributed by atoms with E-state index in [9.17, 15) is 18.0 Å². The minimum Gasteiger partial charge on any atom is -0.465 e. The molecular weight excluding hydrogens is 408 g/mol. The number of ether oxygens (including phenoxy) is 2. The largest absolute Gasteiger partial charge is 0.465 e. The van der Waals surface area contributed by atoms with Crippen LogP contribution in [-0.4, -0.2) is 58.0 Å². The van der Waals surface area contributed by atoms with Crippen LogP contribution in [0, 0.1) is 13.8 Å². The molecule has 30 heavy (non-hydrogen) atoms. The van der Waals surface area contributed by atoms with E-state index >= 15 is 0 Å². The minimum atomic E-state index is -3.74. The van der Waals surface area contributed by atoms with E-state index in [0.717, 1.165) is 5.56 Å². The number of methoxy groups -OCH3 is 1. The number of carbonyl (C=O) groups excluding carboxylic acids is 2. The van der Waals surface area contributed by atoms with Crippen molar-refractivity contribution in [3.63, 3.8) is 0 Å². The van der Waals surface area contributed by atoms with Gasteiger partial charge in [-0.15, -0.1) is 0 Å². The summed E-state index contributed by atoms with van der Waals surface area (Å²) in [6, 6.07) is 9.40. The second-order valence-electron chi connectivity index (χ2n) is 6.97. The van der Waals surface area contributed by atoms with Crippen molar-refractivity contribution in [1.82, 2.24) is 4.31 Å².